The normalized spacial score (nSPS) is 13.4. The summed E-state index contributed by atoms with van der Waals surface area (Å²) in [7, 11) is 1.66. The van der Waals surface area contributed by atoms with Gasteiger partial charge in [0.15, 0.2) is 0 Å². The van der Waals surface area contributed by atoms with Crippen LogP contribution in [0, 0.1) is 0 Å². The van der Waals surface area contributed by atoms with Gasteiger partial charge in [0, 0.05) is 18.6 Å². The molecule has 0 N–H and O–H groups in total. The largest absolute Gasteiger partial charge is 0.497 e. The van der Waals surface area contributed by atoms with Gasteiger partial charge in [-0.3, -0.25) is 9.69 Å². The molecule has 0 amide bonds. The fraction of sp³-hybridized carbons (Fsp3) is 0.345. The number of carbonyl (C=O) groups is 1. The van der Waals surface area contributed by atoms with Crippen LogP contribution in [-0.4, -0.2) is 23.6 Å². The van der Waals surface area contributed by atoms with E-state index in [1.54, 1.807) is 7.11 Å². The molecule has 33 heavy (non-hydrogen) atoms. The average molecular weight is 446 g/mol. The van der Waals surface area contributed by atoms with Crippen LogP contribution in [0.3, 0.4) is 0 Å². The summed E-state index contributed by atoms with van der Waals surface area (Å²) in [5.74, 6) is 0.558. The van der Waals surface area contributed by atoms with E-state index in [4.69, 9.17) is 9.47 Å². The molecule has 4 nitrogen and oxygen atoms in total. The molecular formula is C29H35NO3. The highest BCUT2D eigenvalue weighted by Gasteiger charge is 2.30. The van der Waals surface area contributed by atoms with Gasteiger partial charge < -0.3 is 9.47 Å². The standard InChI is InChI=1S/C29H35NO3/c1-22(24-15-10-7-11-16-24)30(21-23-13-8-6-9-14-23)27(20-28(31)33-29(2,3)4)25-17-12-18-26(19-25)32-5/h6-19,22,27H,20-21H2,1-5H3/t22-,27?/m1/s1. The topological polar surface area (TPSA) is 38.8 Å². The molecule has 1 unspecified atom stereocenters. The Balaban J connectivity index is 2.05. The van der Waals surface area contributed by atoms with Crippen molar-refractivity contribution in [2.75, 3.05) is 7.11 Å². The molecule has 0 spiro atoms. The van der Waals surface area contributed by atoms with E-state index >= 15 is 0 Å². The lowest BCUT2D eigenvalue weighted by Gasteiger charge is -2.37. The van der Waals surface area contributed by atoms with Crippen molar-refractivity contribution < 1.29 is 14.3 Å². The van der Waals surface area contributed by atoms with Crippen LogP contribution in [-0.2, 0) is 16.1 Å². The monoisotopic (exact) mass is 445 g/mol. The fourth-order valence-corrected chi connectivity index (χ4v) is 4.05. The van der Waals surface area contributed by atoms with Gasteiger partial charge >= 0.3 is 5.97 Å². The molecule has 0 aliphatic carbocycles. The summed E-state index contributed by atoms with van der Waals surface area (Å²) in [4.78, 5) is 15.4. The quantitative estimate of drug-likeness (QED) is 0.342. The maximum atomic E-state index is 13.0. The third-order valence-electron chi connectivity index (χ3n) is 5.65. The second-order valence-electron chi connectivity index (χ2n) is 9.33. The summed E-state index contributed by atoms with van der Waals surface area (Å²) in [6.07, 6.45) is 0.244. The fourth-order valence-electron chi connectivity index (χ4n) is 4.05. The van der Waals surface area contributed by atoms with E-state index in [0.717, 1.165) is 11.3 Å². The molecule has 0 saturated heterocycles. The van der Waals surface area contributed by atoms with E-state index in [1.165, 1.54) is 11.1 Å². The van der Waals surface area contributed by atoms with E-state index in [2.05, 4.69) is 66.4 Å². The van der Waals surface area contributed by atoms with Gasteiger partial charge in [0.25, 0.3) is 0 Å². The van der Waals surface area contributed by atoms with Crippen LogP contribution in [0.5, 0.6) is 5.75 Å². The predicted octanol–water partition coefficient (Wildman–Crippen LogP) is 6.73. The average Bonchev–Trinajstić information content (AvgIpc) is 2.81. The van der Waals surface area contributed by atoms with Gasteiger partial charge in [-0.1, -0.05) is 72.8 Å². The number of carbonyl (C=O) groups excluding carboxylic acids is 1. The second-order valence-corrected chi connectivity index (χ2v) is 9.33. The highest BCUT2D eigenvalue weighted by atomic mass is 16.6. The van der Waals surface area contributed by atoms with Crippen LogP contribution >= 0.6 is 0 Å². The van der Waals surface area contributed by atoms with Gasteiger partial charge in [-0.05, 0) is 56.5 Å². The highest BCUT2D eigenvalue weighted by molar-refractivity contribution is 5.71. The first-order valence-corrected chi connectivity index (χ1v) is 11.5. The van der Waals surface area contributed by atoms with E-state index in [9.17, 15) is 4.79 Å². The number of ether oxygens (including phenoxy) is 2. The number of hydrogen-bond acceptors (Lipinski definition) is 4. The molecule has 3 aromatic rings. The molecule has 0 aliphatic rings. The highest BCUT2D eigenvalue weighted by Crippen LogP contribution is 2.36. The summed E-state index contributed by atoms with van der Waals surface area (Å²) >= 11 is 0. The maximum absolute atomic E-state index is 13.0. The molecule has 4 heteroatoms. The number of nitrogens with zero attached hydrogens (tertiary/aromatic N) is 1. The molecule has 0 aromatic heterocycles. The first kappa shape index (κ1) is 24.5. The lowest BCUT2D eigenvalue weighted by molar-refractivity contribution is -0.156. The van der Waals surface area contributed by atoms with Crippen LogP contribution in [0.4, 0.5) is 0 Å². The Morgan fingerprint density at radius 1 is 0.879 bits per heavy atom. The Kier molecular flexibility index (Phi) is 8.29. The summed E-state index contributed by atoms with van der Waals surface area (Å²) in [5.41, 5.74) is 2.88. The van der Waals surface area contributed by atoms with Gasteiger partial charge in [0.05, 0.1) is 13.5 Å². The minimum absolute atomic E-state index is 0.0741. The second kappa shape index (κ2) is 11.2. The smallest absolute Gasteiger partial charge is 0.308 e. The third-order valence-corrected chi connectivity index (χ3v) is 5.65. The molecule has 0 heterocycles. The summed E-state index contributed by atoms with van der Waals surface area (Å²) in [5, 5.41) is 0. The number of methoxy groups -OCH3 is 1. The minimum Gasteiger partial charge on any atom is -0.497 e. The molecule has 174 valence electrons. The van der Waals surface area contributed by atoms with Gasteiger partial charge in [0.1, 0.15) is 11.4 Å². The molecular weight excluding hydrogens is 410 g/mol. The lowest BCUT2D eigenvalue weighted by Crippen LogP contribution is -2.34. The van der Waals surface area contributed by atoms with Crippen LogP contribution < -0.4 is 4.74 Å². The van der Waals surface area contributed by atoms with Crippen molar-refractivity contribution in [1.29, 1.82) is 0 Å². The van der Waals surface area contributed by atoms with E-state index in [-0.39, 0.29) is 24.5 Å². The Labute approximate surface area is 198 Å². The van der Waals surface area contributed by atoms with E-state index in [1.807, 2.05) is 51.1 Å². The number of esters is 1. The van der Waals surface area contributed by atoms with Crippen molar-refractivity contribution in [2.45, 2.75) is 58.3 Å². The Hall–Kier alpha value is -3.11. The van der Waals surface area contributed by atoms with Crippen molar-refractivity contribution in [3.8, 4) is 5.75 Å². The maximum Gasteiger partial charge on any atom is 0.308 e. The molecule has 0 bridgehead atoms. The van der Waals surface area contributed by atoms with Gasteiger partial charge in [-0.2, -0.15) is 0 Å². The van der Waals surface area contributed by atoms with E-state index < -0.39 is 5.60 Å². The Morgan fingerprint density at radius 2 is 1.48 bits per heavy atom. The first-order chi connectivity index (χ1) is 15.8. The molecule has 2 atom stereocenters. The first-order valence-electron chi connectivity index (χ1n) is 11.5. The molecule has 3 aromatic carbocycles. The van der Waals surface area contributed by atoms with Crippen molar-refractivity contribution in [2.24, 2.45) is 0 Å². The molecule has 0 fully saturated rings. The van der Waals surface area contributed by atoms with Gasteiger partial charge in [-0.15, -0.1) is 0 Å². The van der Waals surface area contributed by atoms with Crippen molar-refractivity contribution in [1.82, 2.24) is 4.90 Å². The van der Waals surface area contributed by atoms with Gasteiger partial charge in [-0.25, -0.2) is 0 Å². The number of benzene rings is 3. The summed E-state index contributed by atoms with van der Waals surface area (Å²) in [6, 6.07) is 28.7. The van der Waals surface area contributed by atoms with Crippen LogP contribution in [0.15, 0.2) is 84.9 Å². The minimum atomic E-state index is -0.536. The number of hydrogen-bond donors (Lipinski definition) is 0. The molecule has 3 rings (SSSR count). The van der Waals surface area contributed by atoms with Gasteiger partial charge in [0.2, 0.25) is 0 Å². The lowest BCUT2D eigenvalue weighted by atomic mass is 9.96. The Bertz CT molecular complexity index is 1010. The van der Waals surface area contributed by atoms with Crippen molar-refractivity contribution >= 4 is 5.97 Å². The van der Waals surface area contributed by atoms with Crippen LogP contribution in [0.25, 0.3) is 0 Å². The third kappa shape index (κ3) is 7.19. The van der Waals surface area contributed by atoms with E-state index in [0.29, 0.717) is 6.54 Å². The van der Waals surface area contributed by atoms with Crippen LogP contribution in [0.1, 0.15) is 62.9 Å². The Morgan fingerprint density at radius 3 is 2.09 bits per heavy atom. The number of rotatable bonds is 9. The zero-order chi connectivity index (χ0) is 23.8. The molecule has 0 saturated carbocycles. The molecule has 0 aliphatic heterocycles. The van der Waals surface area contributed by atoms with Crippen LogP contribution in [0.2, 0.25) is 0 Å². The predicted molar refractivity (Wildman–Crippen MR) is 133 cm³/mol. The zero-order valence-electron chi connectivity index (χ0n) is 20.3. The molecule has 0 radical (unpaired) electrons. The summed E-state index contributed by atoms with van der Waals surface area (Å²) < 4.78 is 11.2. The summed E-state index contributed by atoms with van der Waals surface area (Å²) in [6.45, 7) is 8.60. The van der Waals surface area contributed by atoms with Crippen molar-refractivity contribution in [3.63, 3.8) is 0 Å². The van der Waals surface area contributed by atoms with Crippen molar-refractivity contribution in [3.05, 3.63) is 102 Å². The zero-order valence-corrected chi connectivity index (χ0v) is 20.3. The SMILES string of the molecule is COc1cccc(C(CC(=O)OC(C)(C)C)N(Cc2ccccc2)[C@H](C)c2ccccc2)c1.